The van der Waals surface area contributed by atoms with Crippen LogP contribution in [0.1, 0.15) is 20.7 Å². The maximum Gasteiger partial charge on any atom is 0.152 e. The van der Waals surface area contributed by atoms with Gasteiger partial charge in [-0.1, -0.05) is 24.3 Å². The van der Waals surface area contributed by atoms with Crippen LogP contribution in [0.5, 0.6) is 0 Å². The number of hydrogen-bond acceptors (Lipinski definition) is 2. The van der Waals surface area contributed by atoms with E-state index < -0.39 is 0 Å². The van der Waals surface area contributed by atoms with Crippen molar-refractivity contribution >= 4 is 34.4 Å². The standard InChI is InChI=1S/C14H9NO2/c16-7-9-4-5-11-12-3-1-2-10(8-17)14(12)15-13(11)6-9/h1-8,15H. The highest BCUT2D eigenvalue weighted by atomic mass is 16.1. The molecule has 1 N–H and O–H groups in total. The number of carbonyl (C=O) groups is 2. The molecule has 1 heterocycles. The summed E-state index contributed by atoms with van der Waals surface area (Å²) >= 11 is 0. The van der Waals surface area contributed by atoms with E-state index in [1.54, 1.807) is 18.2 Å². The lowest BCUT2D eigenvalue weighted by atomic mass is 10.1. The fraction of sp³-hybridized carbons (Fsp3) is 0. The molecule has 0 atom stereocenters. The second kappa shape index (κ2) is 3.56. The number of hydrogen-bond donors (Lipinski definition) is 1. The average Bonchev–Trinajstić information content (AvgIpc) is 2.75. The van der Waals surface area contributed by atoms with Crippen LogP contribution < -0.4 is 0 Å². The van der Waals surface area contributed by atoms with Gasteiger partial charge in [0, 0.05) is 27.4 Å². The lowest BCUT2D eigenvalue weighted by Gasteiger charge is -1.93. The van der Waals surface area contributed by atoms with Crippen LogP contribution in [0.25, 0.3) is 21.8 Å². The molecule has 3 aromatic rings. The summed E-state index contributed by atoms with van der Waals surface area (Å²) in [5.41, 5.74) is 2.95. The average molecular weight is 223 g/mol. The minimum absolute atomic E-state index is 0.622. The van der Waals surface area contributed by atoms with E-state index in [2.05, 4.69) is 4.98 Å². The third-order valence-corrected chi connectivity index (χ3v) is 2.95. The van der Waals surface area contributed by atoms with Gasteiger partial charge in [0.1, 0.15) is 6.29 Å². The van der Waals surface area contributed by atoms with E-state index in [1.165, 1.54) is 0 Å². The molecular formula is C14H9NO2. The molecule has 0 bridgehead atoms. The maximum atomic E-state index is 10.9. The Hall–Kier alpha value is -2.42. The van der Waals surface area contributed by atoms with Gasteiger partial charge in [-0.2, -0.15) is 0 Å². The molecule has 3 heteroatoms. The van der Waals surface area contributed by atoms with Crippen LogP contribution in [0.2, 0.25) is 0 Å². The molecule has 0 saturated heterocycles. The fourth-order valence-electron chi connectivity index (χ4n) is 2.14. The van der Waals surface area contributed by atoms with Crippen LogP contribution in [0.3, 0.4) is 0 Å². The van der Waals surface area contributed by atoms with Crippen molar-refractivity contribution < 1.29 is 9.59 Å². The molecule has 0 unspecified atom stereocenters. The van der Waals surface area contributed by atoms with Crippen LogP contribution in [-0.4, -0.2) is 17.6 Å². The highest BCUT2D eigenvalue weighted by Gasteiger charge is 2.07. The summed E-state index contributed by atoms with van der Waals surface area (Å²) in [6.07, 6.45) is 1.64. The van der Waals surface area contributed by atoms with E-state index >= 15 is 0 Å². The van der Waals surface area contributed by atoms with Crippen molar-refractivity contribution in [1.82, 2.24) is 4.98 Å². The van der Waals surface area contributed by atoms with Gasteiger partial charge in [-0.3, -0.25) is 9.59 Å². The summed E-state index contributed by atoms with van der Waals surface area (Å²) in [7, 11) is 0. The molecule has 17 heavy (non-hydrogen) atoms. The van der Waals surface area contributed by atoms with Crippen molar-refractivity contribution in [2.45, 2.75) is 0 Å². The second-order valence-corrected chi connectivity index (χ2v) is 3.94. The van der Waals surface area contributed by atoms with Crippen LogP contribution in [0, 0.1) is 0 Å². The van der Waals surface area contributed by atoms with Crippen molar-refractivity contribution in [3.05, 3.63) is 47.5 Å². The van der Waals surface area contributed by atoms with Gasteiger partial charge in [-0.05, 0) is 12.1 Å². The van der Waals surface area contributed by atoms with E-state index in [4.69, 9.17) is 0 Å². The summed E-state index contributed by atoms with van der Waals surface area (Å²) in [6, 6.07) is 11.0. The predicted octanol–water partition coefficient (Wildman–Crippen LogP) is 2.95. The number of aromatic amines is 1. The number of aromatic nitrogens is 1. The quantitative estimate of drug-likeness (QED) is 0.679. The first-order chi connectivity index (χ1) is 8.33. The number of nitrogens with one attached hydrogen (secondary N) is 1. The molecule has 0 amide bonds. The largest absolute Gasteiger partial charge is 0.354 e. The number of fused-ring (bicyclic) bond motifs is 3. The van der Waals surface area contributed by atoms with E-state index in [1.807, 2.05) is 18.2 Å². The molecule has 0 aliphatic carbocycles. The SMILES string of the molecule is O=Cc1ccc2c(c1)[nH]c1c(C=O)cccc12. The zero-order chi connectivity index (χ0) is 11.8. The van der Waals surface area contributed by atoms with Crippen molar-refractivity contribution in [2.24, 2.45) is 0 Å². The van der Waals surface area contributed by atoms with Gasteiger partial charge >= 0.3 is 0 Å². The van der Waals surface area contributed by atoms with Gasteiger partial charge in [-0.25, -0.2) is 0 Å². The number of carbonyl (C=O) groups excluding carboxylic acids is 2. The first kappa shape index (κ1) is 9.78. The zero-order valence-corrected chi connectivity index (χ0v) is 8.94. The third-order valence-electron chi connectivity index (χ3n) is 2.95. The Balaban J connectivity index is 2.48. The summed E-state index contributed by atoms with van der Waals surface area (Å²) in [4.78, 5) is 24.8. The first-order valence-electron chi connectivity index (χ1n) is 5.28. The first-order valence-corrected chi connectivity index (χ1v) is 5.28. The molecule has 0 saturated carbocycles. The van der Waals surface area contributed by atoms with Gasteiger partial charge in [0.2, 0.25) is 0 Å². The van der Waals surface area contributed by atoms with Crippen molar-refractivity contribution in [1.29, 1.82) is 0 Å². The Kier molecular flexibility index (Phi) is 2.05. The Bertz CT molecular complexity index is 740. The van der Waals surface area contributed by atoms with Crippen molar-refractivity contribution in [2.75, 3.05) is 0 Å². The number of benzene rings is 2. The monoisotopic (exact) mass is 223 g/mol. The topological polar surface area (TPSA) is 49.9 Å². The van der Waals surface area contributed by atoms with Gasteiger partial charge < -0.3 is 4.98 Å². The molecule has 0 fully saturated rings. The van der Waals surface area contributed by atoms with Crippen LogP contribution in [0.15, 0.2) is 36.4 Å². The molecule has 0 radical (unpaired) electrons. The smallest absolute Gasteiger partial charge is 0.152 e. The van der Waals surface area contributed by atoms with Crippen LogP contribution in [-0.2, 0) is 0 Å². The van der Waals surface area contributed by atoms with Crippen LogP contribution in [0.4, 0.5) is 0 Å². The summed E-state index contributed by atoms with van der Waals surface area (Å²) < 4.78 is 0. The van der Waals surface area contributed by atoms with E-state index in [0.29, 0.717) is 11.1 Å². The number of aldehydes is 2. The third kappa shape index (κ3) is 1.36. The zero-order valence-electron chi connectivity index (χ0n) is 8.94. The van der Waals surface area contributed by atoms with Crippen molar-refractivity contribution in [3.63, 3.8) is 0 Å². The van der Waals surface area contributed by atoms with Crippen LogP contribution >= 0.6 is 0 Å². The van der Waals surface area contributed by atoms with Gasteiger partial charge in [0.05, 0.1) is 5.52 Å². The Morgan fingerprint density at radius 1 is 0.941 bits per heavy atom. The molecule has 0 spiro atoms. The highest BCUT2D eigenvalue weighted by Crippen LogP contribution is 2.27. The Morgan fingerprint density at radius 2 is 1.82 bits per heavy atom. The molecule has 2 aromatic carbocycles. The molecule has 3 nitrogen and oxygen atoms in total. The number of rotatable bonds is 2. The fourth-order valence-corrected chi connectivity index (χ4v) is 2.14. The maximum absolute atomic E-state index is 10.9. The summed E-state index contributed by atoms with van der Waals surface area (Å²) in [6.45, 7) is 0. The van der Waals surface area contributed by atoms with Gasteiger partial charge in [0.25, 0.3) is 0 Å². The normalized spacial score (nSPS) is 10.8. The Morgan fingerprint density at radius 3 is 2.59 bits per heavy atom. The molecular weight excluding hydrogens is 214 g/mol. The minimum atomic E-state index is 0.622. The highest BCUT2D eigenvalue weighted by molar-refractivity contribution is 6.12. The minimum Gasteiger partial charge on any atom is -0.354 e. The summed E-state index contributed by atoms with van der Waals surface area (Å²) in [5.74, 6) is 0. The molecule has 1 aromatic heterocycles. The van der Waals surface area contributed by atoms with Gasteiger partial charge in [0.15, 0.2) is 6.29 Å². The molecule has 0 aliphatic heterocycles. The number of para-hydroxylation sites is 1. The lowest BCUT2D eigenvalue weighted by molar-refractivity contribution is 0.111. The summed E-state index contributed by atoms with van der Waals surface area (Å²) in [5, 5.41) is 2.02. The Labute approximate surface area is 97.1 Å². The van der Waals surface area contributed by atoms with E-state index in [-0.39, 0.29) is 0 Å². The molecule has 82 valence electrons. The van der Waals surface area contributed by atoms with Gasteiger partial charge in [-0.15, -0.1) is 0 Å². The molecule has 0 aliphatic rings. The predicted molar refractivity (Wildman–Crippen MR) is 66.6 cm³/mol. The second-order valence-electron chi connectivity index (χ2n) is 3.94. The number of H-pyrrole nitrogens is 1. The van der Waals surface area contributed by atoms with E-state index in [0.717, 1.165) is 34.4 Å². The molecule has 3 rings (SSSR count). The van der Waals surface area contributed by atoms with E-state index in [9.17, 15) is 9.59 Å². The lowest BCUT2D eigenvalue weighted by Crippen LogP contribution is -1.80. The van der Waals surface area contributed by atoms with Crippen molar-refractivity contribution in [3.8, 4) is 0 Å².